The maximum atomic E-state index is 14.0. The van der Waals surface area contributed by atoms with Crippen LogP contribution in [-0.4, -0.2) is 136 Å². The van der Waals surface area contributed by atoms with E-state index in [0.717, 1.165) is 21.4 Å². The van der Waals surface area contributed by atoms with E-state index >= 15 is 0 Å². The Labute approximate surface area is 385 Å². The van der Waals surface area contributed by atoms with Crippen LogP contribution < -0.4 is 48.7 Å². The van der Waals surface area contributed by atoms with Crippen LogP contribution >= 0.6 is 0 Å². The van der Waals surface area contributed by atoms with E-state index in [1.807, 2.05) is 24.3 Å². The Morgan fingerprint density at radius 3 is 2.07 bits per heavy atom. The number of aliphatic hydroxyl groups is 1. The van der Waals surface area contributed by atoms with Crippen molar-refractivity contribution in [1.82, 2.24) is 47.1 Å². The molecule has 0 bridgehead atoms. The first kappa shape index (κ1) is 50.6. The number of hydrogen-bond donors (Lipinski definition) is 11. The summed E-state index contributed by atoms with van der Waals surface area (Å²) in [5.41, 5.74) is 13.2. The fourth-order valence-corrected chi connectivity index (χ4v) is 8.03. The zero-order valence-corrected chi connectivity index (χ0v) is 37.3. The molecule has 22 heteroatoms. The van der Waals surface area contributed by atoms with Crippen molar-refractivity contribution in [2.75, 3.05) is 19.7 Å². The molecule has 0 aliphatic carbocycles. The number of primary amides is 2. The Bertz CT molecular complexity index is 2320. The molecule has 13 N–H and O–H groups in total. The number of amides is 10. The number of aromatic nitrogens is 1. The van der Waals surface area contributed by atoms with Gasteiger partial charge in [-0.05, 0) is 48.8 Å². The predicted octanol–water partition coefficient (Wildman–Crippen LogP) is -2.84. The van der Waals surface area contributed by atoms with Crippen LogP contribution in [0, 0.1) is 5.92 Å². The molecule has 0 unspecified atom stereocenters. The number of nitrogens with two attached hydrogens (primary N) is 2. The summed E-state index contributed by atoms with van der Waals surface area (Å²) in [6.07, 6.45) is 1.99. The molecule has 2 aliphatic rings. The van der Waals surface area contributed by atoms with Crippen molar-refractivity contribution in [3.05, 3.63) is 71.9 Å². The number of para-hydroxylation sites is 1. The van der Waals surface area contributed by atoms with E-state index in [-0.39, 0.29) is 56.9 Å². The molecule has 3 heterocycles. The summed E-state index contributed by atoms with van der Waals surface area (Å²) in [5.74, 6) is -7.83. The van der Waals surface area contributed by atoms with Gasteiger partial charge in [-0.2, -0.15) is 0 Å². The highest BCUT2D eigenvalue weighted by atomic mass is 16.3. The molecule has 2 aliphatic heterocycles. The number of aromatic amines is 1. The van der Waals surface area contributed by atoms with Crippen molar-refractivity contribution in [2.45, 2.75) is 108 Å². The average molecular weight is 930 g/mol. The van der Waals surface area contributed by atoms with E-state index in [1.165, 1.54) is 0 Å². The van der Waals surface area contributed by atoms with Gasteiger partial charge in [0.1, 0.15) is 42.3 Å². The van der Waals surface area contributed by atoms with Gasteiger partial charge >= 0.3 is 0 Å². The van der Waals surface area contributed by atoms with Crippen molar-refractivity contribution in [3.63, 3.8) is 0 Å². The van der Waals surface area contributed by atoms with Crippen LogP contribution in [0.25, 0.3) is 10.9 Å². The van der Waals surface area contributed by atoms with Crippen molar-refractivity contribution < 1.29 is 53.1 Å². The smallest absolute Gasteiger partial charge is 0.248 e. The largest absolute Gasteiger partial charge is 0.394 e. The number of hydrogen-bond acceptors (Lipinski definition) is 11. The van der Waals surface area contributed by atoms with Crippen LogP contribution in [0.4, 0.5) is 0 Å². The Morgan fingerprint density at radius 1 is 0.761 bits per heavy atom. The molecule has 360 valence electrons. The first-order valence-electron chi connectivity index (χ1n) is 22.1. The van der Waals surface area contributed by atoms with Gasteiger partial charge < -0.3 is 63.7 Å². The maximum absolute atomic E-state index is 14.0. The topological polar surface area (TPSA) is 346 Å². The van der Waals surface area contributed by atoms with E-state index in [2.05, 4.69) is 42.2 Å². The first-order chi connectivity index (χ1) is 31.9. The number of carbonyl (C=O) groups is 10. The van der Waals surface area contributed by atoms with Crippen molar-refractivity contribution in [3.8, 4) is 0 Å². The van der Waals surface area contributed by atoms with Crippen molar-refractivity contribution in [2.24, 2.45) is 17.4 Å². The average Bonchev–Trinajstić information content (AvgIpc) is 4.07. The molecule has 1 aromatic heterocycles. The minimum absolute atomic E-state index is 0.0656. The Kier molecular flexibility index (Phi) is 17.9. The van der Waals surface area contributed by atoms with Gasteiger partial charge in [0.15, 0.2) is 0 Å². The molecule has 2 fully saturated rings. The summed E-state index contributed by atoms with van der Waals surface area (Å²) in [6.45, 7) is 2.19. The normalized spacial score (nSPS) is 17.9. The fourth-order valence-electron chi connectivity index (χ4n) is 8.03. The minimum atomic E-state index is -1.63. The summed E-state index contributed by atoms with van der Waals surface area (Å²) >= 11 is 0. The molecule has 2 aromatic carbocycles. The molecule has 0 saturated carbocycles. The van der Waals surface area contributed by atoms with Crippen LogP contribution in [0.1, 0.15) is 63.5 Å². The number of aliphatic hydroxyl groups excluding tert-OH is 1. The van der Waals surface area contributed by atoms with Gasteiger partial charge in [0.05, 0.1) is 19.6 Å². The summed E-state index contributed by atoms with van der Waals surface area (Å²) in [6, 6.07) is 6.90. The third-order valence-electron chi connectivity index (χ3n) is 11.4. The fraction of sp³-hybridized carbons (Fsp3) is 0.467. The highest BCUT2D eigenvalue weighted by molar-refractivity contribution is 5.99. The number of nitrogens with one attached hydrogen (secondary N) is 8. The van der Waals surface area contributed by atoms with E-state index in [0.29, 0.717) is 12.0 Å². The van der Waals surface area contributed by atoms with Gasteiger partial charge in [0, 0.05) is 42.9 Å². The molecule has 0 radical (unpaired) electrons. The zero-order chi connectivity index (χ0) is 48.8. The molecular weight excluding hydrogens is 871 g/mol. The van der Waals surface area contributed by atoms with Crippen molar-refractivity contribution in [1.29, 1.82) is 0 Å². The van der Waals surface area contributed by atoms with Gasteiger partial charge in [0.25, 0.3) is 0 Å². The SMILES string of the molecule is CC(C)C[C@H](NC(=O)[C@@H]1CCC(=O)N1)C(=O)N[C@@H](CC(N)=O)C(=O)N[C@@H](Cc1ccccc1)C(=O)N[C@@H](CO)C(=O)N1CCC[C@H]1C(=O)NCC(=O)N[C@@H](Cc1c[nH]c2ccccc12)C(N)=O. The third-order valence-corrected chi connectivity index (χ3v) is 11.4. The Hall–Kier alpha value is -7.36. The summed E-state index contributed by atoms with van der Waals surface area (Å²) in [4.78, 5) is 135. The maximum Gasteiger partial charge on any atom is 0.248 e. The lowest BCUT2D eigenvalue weighted by Gasteiger charge is -2.29. The van der Waals surface area contributed by atoms with Crippen LogP contribution in [0.3, 0.4) is 0 Å². The van der Waals surface area contributed by atoms with Gasteiger partial charge in [0.2, 0.25) is 59.1 Å². The van der Waals surface area contributed by atoms with Crippen LogP contribution in [-0.2, 0) is 60.8 Å². The van der Waals surface area contributed by atoms with Crippen LogP contribution in [0.5, 0.6) is 0 Å². The third kappa shape index (κ3) is 14.3. The zero-order valence-electron chi connectivity index (χ0n) is 37.3. The summed E-state index contributed by atoms with van der Waals surface area (Å²) < 4.78 is 0. The molecular formula is C45H59N11O11. The monoisotopic (exact) mass is 929 g/mol. The molecule has 67 heavy (non-hydrogen) atoms. The van der Waals surface area contributed by atoms with Gasteiger partial charge in [-0.3, -0.25) is 47.9 Å². The van der Waals surface area contributed by atoms with E-state index in [9.17, 15) is 53.1 Å². The lowest BCUT2D eigenvalue weighted by Crippen LogP contribution is -2.61. The molecule has 10 amide bonds. The van der Waals surface area contributed by atoms with Gasteiger partial charge in [-0.1, -0.05) is 62.4 Å². The van der Waals surface area contributed by atoms with Crippen molar-refractivity contribution >= 4 is 70.0 Å². The molecule has 0 spiro atoms. The lowest BCUT2D eigenvalue weighted by atomic mass is 10.0. The van der Waals surface area contributed by atoms with Crippen LogP contribution in [0.2, 0.25) is 0 Å². The Balaban J connectivity index is 1.23. The standard InChI is InChI=1S/C45H59N11O11/c1-24(2)17-31(52-40(62)29-14-15-37(59)50-29)41(63)54-33(20-36(46)58)43(65)53-32(18-25-9-4-3-5-10-25)42(64)55-34(23-57)45(67)56-16-8-13-35(56)44(66)49-22-38(60)51-30(39(47)61)19-26-21-48-28-12-7-6-11-27(26)28/h3-7,9-12,21,24,29-35,48,57H,8,13-20,22-23H2,1-2H3,(H2,46,58)(H2,47,61)(H,49,66)(H,50,59)(H,51,60)(H,52,62)(H,53,65)(H,54,63)(H,55,64)/t29-,30-,31-,32-,33-,34-,35-/m0/s1. The number of carbonyl (C=O) groups excluding carboxylic acids is 10. The van der Waals surface area contributed by atoms with E-state index < -0.39 is 115 Å². The number of nitrogens with zero attached hydrogens (tertiary/aromatic N) is 1. The van der Waals surface area contributed by atoms with E-state index in [1.54, 1.807) is 50.4 Å². The molecule has 5 rings (SSSR count). The minimum Gasteiger partial charge on any atom is -0.394 e. The molecule has 7 atom stereocenters. The van der Waals surface area contributed by atoms with Crippen LogP contribution in [0.15, 0.2) is 60.8 Å². The number of rotatable bonds is 23. The number of benzene rings is 2. The second-order valence-electron chi connectivity index (χ2n) is 17.1. The summed E-state index contributed by atoms with van der Waals surface area (Å²) in [5, 5.41) is 28.9. The number of H-pyrrole nitrogens is 1. The van der Waals surface area contributed by atoms with Gasteiger partial charge in [-0.25, -0.2) is 0 Å². The summed E-state index contributed by atoms with van der Waals surface area (Å²) in [7, 11) is 0. The number of likely N-dealkylation sites (tertiary alicyclic amines) is 1. The highest BCUT2D eigenvalue weighted by Gasteiger charge is 2.39. The highest BCUT2D eigenvalue weighted by Crippen LogP contribution is 2.21. The first-order valence-corrected chi connectivity index (χ1v) is 22.1. The van der Waals surface area contributed by atoms with E-state index in [4.69, 9.17) is 11.5 Å². The number of fused-ring (bicyclic) bond motifs is 1. The molecule has 3 aromatic rings. The predicted molar refractivity (Wildman–Crippen MR) is 240 cm³/mol. The quantitative estimate of drug-likeness (QED) is 0.0460. The molecule has 2 saturated heterocycles. The Morgan fingerprint density at radius 2 is 1.42 bits per heavy atom. The van der Waals surface area contributed by atoms with Gasteiger partial charge in [-0.15, -0.1) is 0 Å². The second-order valence-corrected chi connectivity index (χ2v) is 17.1. The second kappa shape index (κ2) is 23.7. The lowest BCUT2D eigenvalue weighted by molar-refractivity contribution is -0.143. The molecule has 22 nitrogen and oxygen atoms in total.